The zero-order chi connectivity index (χ0) is 13.3. The van der Waals surface area contributed by atoms with E-state index >= 15 is 0 Å². The maximum atomic E-state index is 11.7. The number of carbonyl (C=O) groups is 2. The van der Waals surface area contributed by atoms with Gasteiger partial charge >= 0.3 is 0 Å². The van der Waals surface area contributed by atoms with Crippen LogP contribution in [-0.2, 0) is 9.59 Å². The number of imide groups is 1. The quantitative estimate of drug-likeness (QED) is 0.775. The van der Waals surface area contributed by atoms with Crippen molar-refractivity contribution in [2.75, 3.05) is 11.4 Å². The fourth-order valence-corrected chi connectivity index (χ4v) is 2.81. The number of nitrogens with two attached hydrogens (primary N) is 1. The van der Waals surface area contributed by atoms with Crippen molar-refractivity contribution in [3.63, 3.8) is 0 Å². The maximum Gasteiger partial charge on any atom is 0.249 e. The van der Waals surface area contributed by atoms with Gasteiger partial charge in [-0.2, -0.15) is 0 Å². The van der Waals surface area contributed by atoms with Gasteiger partial charge in [0.05, 0.1) is 0 Å². The highest BCUT2D eigenvalue weighted by Gasteiger charge is 2.34. The molecule has 0 bridgehead atoms. The monoisotopic (exact) mass is 268 g/mol. The molecule has 1 aromatic heterocycles. The van der Waals surface area contributed by atoms with Crippen molar-refractivity contribution in [3.05, 3.63) is 11.1 Å². The van der Waals surface area contributed by atoms with Gasteiger partial charge in [0.2, 0.25) is 11.8 Å². The molecule has 2 heterocycles. The fourth-order valence-electron chi connectivity index (χ4n) is 1.89. The lowest BCUT2D eigenvalue weighted by Gasteiger charge is -2.32. The van der Waals surface area contributed by atoms with E-state index in [1.807, 2.05) is 13.8 Å². The molecule has 6 nitrogen and oxygen atoms in total. The molecule has 2 rings (SSSR count). The van der Waals surface area contributed by atoms with Crippen molar-refractivity contribution in [2.45, 2.75) is 32.4 Å². The molecule has 0 saturated carbocycles. The number of amides is 2. The van der Waals surface area contributed by atoms with Crippen LogP contribution in [0.5, 0.6) is 0 Å². The van der Waals surface area contributed by atoms with Gasteiger partial charge in [-0.15, -0.1) is 11.3 Å². The first-order valence-corrected chi connectivity index (χ1v) is 6.66. The van der Waals surface area contributed by atoms with Gasteiger partial charge in [-0.3, -0.25) is 14.9 Å². The number of nitrogens with one attached hydrogen (secondary N) is 1. The minimum atomic E-state index is -0.338. The van der Waals surface area contributed by atoms with Crippen molar-refractivity contribution in [3.8, 4) is 0 Å². The summed E-state index contributed by atoms with van der Waals surface area (Å²) < 4.78 is 0. The Bertz CT molecular complexity index is 471. The molecule has 0 spiro atoms. The number of carbonyl (C=O) groups excluding carboxylic acids is 2. The second-order valence-electron chi connectivity index (χ2n) is 4.30. The molecular weight excluding hydrogens is 252 g/mol. The van der Waals surface area contributed by atoms with E-state index in [9.17, 15) is 9.59 Å². The van der Waals surface area contributed by atoms with Gasteiger partial charge in [0, 0.05) is 17.1 Å². The number of nitrogens with zero attached hydrogens (tertiary/aromatic N) is 2. The van der Waals surface area contributed by atoms with Gasteiger partial charge in [-0.1, -0.05) is 6.92 Å². The normalized spacial score (nSPS) is 21.9. The summed E-state index contributed by atoms with van der Waals surface area (Å²) in [6, 6.07) is -0.430. The minimum absolute atomic E-state index is 0.0920. The number of hydrogen-bond donors (Lipinski definition) is 2. The third-order valence-corrected chi connectivity index (χ3v) is 4.08. The smallest absolute Gasteiger partial charge is 0.249 e. The third kappa shape index (κ3) is 2.37. The van der Waals surface area contributed by atoms with E-state index in [1.165, 1.54) is 11.3 Å². The summed E-state index contributed by atoms with van der Waals surface area (Å²) in [5.41, 5.74) is 5.78. The van der Waals surface area contributed by atoms with E-state index in [-0.39, 0.29) is 30.4 Å². The number of anilines is 1. The van der Waals surface area contributed by atoms with E-state index < -0.39 is 0 Å². The van der Waals surface area contributed by atoms with E-state index in [4.69, 9.17) is 5.73 Å². The average Bonchev–Trinajstić information content (AvgIpc) is 2.77. The summed E-state index contributed by atoms with van der Waals surface area (Å²) in [6.07, 6.45) is 2.33. The van der Waals surface area contributed by atoms with Gasteiger partial charge in [-0.05, 0) is 13.3 Å². The summed E-state index contributed by atoms with van der Waals surface area (Å²) in [4.78, 5) is 30.1. The van der Waals surface area contributed by atoms with Crippen LogP contribution in [0.1, 0.15) is 31.2 Å². The molecule has 1 saturated heterocycles. The summed E-state index contributed by atoms with van der Waals surface area (Å²) in [5.74, 6) is -0.548. The van der Waals surface area contributed by atoms with Crippen LogP contribution in [0.4, 0.5) is 5.13 Å². The van der Waals surface area contributed by atoms with E-state index in [0.29, 0.717) is 11.6 Å². The van der Waals surface area contributed by atoms with E-state index in [2.05, 4.69) is 10.3 Å². The Balaban J connectivity index is 2.27. The Morgan fingerprint density at radius 3 is 2.94 bits per heavy atom. The van der Waals surface area contributed by atoms with Crippen LogP contribution >= 0.6 is 11.3 Å². The Labute approximate surface area is 109 Å². The molecule has 1 aliphatic heterocycles. The Hall–Kier alpha value is -1.47. The Morgan fingerprint density at radius 2 is 2.39 bits per heavy atom. The van der Waals surface area contributed by atoms with E-state index in [1.54, 1.807) is 11.1 Å². The third-order valence-electron chi connectivity index (χ3n) is 2.85. The second-order valence-corrected chi connectivity index (χ2v) is 5.34. The largest absolute Gasteiger partial charge is 0.327 e. The number of rotatable bonds is 3. The lowest BCUT2D eigenvalue weighted by molar-refractivity contribution is -0.132. The zero-order valence-corrected chi connectivity index (χ0v) is 11.2. The molecule has 18 heavy (non-hydrogen) atoms. The van der Waals surface area contributed by atoms with Crippen LogP contribution in [0, 0.1) is 0 Å². The maximum absolute atomic E-state index is 11.7. The highest BCUT2D eigenvalue weighted by atomic mass is 32.1. The first-order chi connectivity index (χ1) is 8.52. The summed E-state index contributed by atoms with van der Waals surface area (Å²) >= 11 is 1.43. The minimum Gasteiger partial charge on any atom is -0.327 e. The predicted octanol–water partition coefficient (Wildman–Crippen LogP) is 0.404. The fraction of sp³-hybridized carbons (Fsp3) is 0.545. The number of aromatic nitrogens is 1. The van der Waals surface area contributed by atoms with Crippen LogP contribution in [0.2, 0.25) is 0 Å². The number of thiazole rings is 1. The topological polar surface area (TPSA) is 88.3 Å². The van der Waals surface area contributed by atoms with Gasteiger partial charge in [0.25, 0.3) is 0 Å². The SMILES string of the molecule is CCC1C(=O)NC(=O)CN1c1ncc(C(C)N)s1. The Kier molecular flexibility index (Phi) is 3.63. The van der Waals surface area contributed by atoms with Crippen molar-refractivity contribution in [1.29, 1.82) is 0 Å². The molecule has 7 heteroatoms. The lowest BCUT2D eigenvalue weighted by Crippen LogP contribution is -2.58. The molecule has 98 valence electrons. The highest BCUT2D eigenvalue weighted by molar-refractivity contribution is 7.15. The molecular formula is C11H16N4O2S. The molecule has 0 aliphatic carbocycles. The molecule has 0 aromatic carbocycles. The van der Waals surface area contributed by atoms with Gasteiger partial charge < -0.3 is 10.6 Å². The molecule has 2 amide bonds. The standard InChI is InChI=1S/C11H16N4O2S/c1-3-7-10(17)14-9(16)5-15(7)11-13-4-8(18-11)6(2)12/h4,6-7H,3,5,12H2,1-2H3,(H,14,16,17). The summed E-state index contributed by atoms with van der Waals surface area (Å²) in [7, 11) is 0. The van der Waals surface area contributed by atoms with Crippen molar-refractivity contribution < 1.29 is 9.59 Å². The molecule has 1 aromatic rings. The first kappa shape index (κ1) is 13.0. The van der Waals surface area contributed by atoms with Gasteiger partial charge in [-0.25, -0.2) is 4.98 Å². The van der Waals surface area contributed by atoms with Crippen LogP contribution in [0.25, 0.3) is 0 Å². The van der Waals surface area contributed by atoms with Gasteiger partial charge in [0.1, 0.15) is 12.6 Å². The molecule has 2 atom stereocenters. The molecule has 1 aliphatic rings. The number of piperazine rings is 1. The first-order valence-electron chi connectivity index (χ1n) is 5.84. The van der Waals surface area contributed by atoms with Gasteiger partial charge in [0.15, 0.2) is 5.13 Å². The second kappa shape index (κ2) is 5.03. The molecule has 3 N–H and O–H groups in total. The van der Waals surface area contributed by atoms with Crippen LogP contribution in [-0.4, -0.2) is 29.4 Å². The van der Waals surface area contributed by atoms with Crippen LogP contribution < -0.4 is 16.0 Å². The molecule has 1 fully saturated rings. The van der Waals surface area contributed by atoms with E-state index in [0.717, 1.165) is 4.88 Å². The molecule has 0 radical (unpaired) electrons. The lowest BCUT2D eigenvalue weighted by atomic mass is 10.1. The summed E-state index contributed by atoms with van der Waals surface area (Å²) in [5, 5.41) is 3.02. The highest BCUT2D eigenvalue weighted by Crippen LogP contribution is 2.28. The van der Waals surface area contributed by atoms with Crippen LogP contribution in [0.15, 0.2) is 6.20 Å². The average molecular weight is 268 g/mol. The van der Waals surface area contributed by atoms with Crippen molar-refractivity contribution >= 4 is 28.3 Å². The summed E-state index contributed by atoms with van der Waals surface area (Å²) in [6.45, 7) is 3.95. The molecule has 2 unspecified atom stereocenters. The predicted molar refractivity (Wildman–Crippen MR) is 69.3 cm³/mol. The zero-order valence-electron chi connectivity index (χ0n) is 10.3. The van der Waals surface area contributed by atoms with Crippen LogP contribution in [0.3, 0.4) is 0 Å². The number of hydrogen-bond acceptors (Lipinski definition) is 6. The Morgan fingerprint density at radius 1 is 1.67 bits per heavy atom. The van der Waals surface area contributed by atoms with Crippen molar-refractivity contribution in [2.24, 2.45) is 5.73 Å². The van der Waals surface area contributed by atoms with Crippen molar-refractivity contribution in [1.82, 2.24) is 10.3 Å².